The molecule has 0 radical (unpaired) electrons. The molecule has 2 N–H and O–H groups in total. The van der Waals surface area contributed by atoms with Crippen molar-refractivity contribution in [2.75, 3.05) is 14.2 Å². The van der Waals surface area contributed by atoms with E-state index in [4.69, 9.17) is 10.5 Å². The van der Waals surface area contributed by atoms with E-state index in [1.54, 1.807) is 7.11 Å². The van der Waals surface area contributed by atoms with E-state index in [0.29, 0.717) is 0 Å². The first-order valence-electron chi connectivity index (χ1n) is 5.61. The number of esters is 1. The van der Waals surface area contributed by atoms with Crippen molar-refractivity contribution in [1.29, 1.82) is 0 Å². The summed E-state index contributed by atoms with van der Waals surface area (Å²) in [6, 6.07) is 5.40. The minimum atomic E-state index is -0.354. The van der Waals surface area contributed by atoms with Gasteiger partial charge < -0.3 is 15.2 Å². The highest BCUT2D eigenvalue weighted by atomic mass is 16.5. The van der Waals surface area contributed by atoms with Crippen LogP contribution in [0.1, 0.15) is 30.5 Å². The zero-order chi connectivity index (χ0) is 12.8. The van der Waals surface area contributed by atoms with Crippen molar-refractivity contribution in [3.8, 4) is 5.75 Å². The van der Waals surface area contributed by atoms with Crippen molar-refractivity contribution in [1.82, 2.24) is 0 Å². The van der Waals surface area contributed by atoms with Gasteiger partial charge in [0.05, 0.1) is 20.6 Å². The SMILES string of the molecule is CCc1ccc(OC)cc1[C@H](N)CC(=O)OC. The number of rotatable bonds is 5. The maximum atomic E-state index is 11.2. The van der Waals surface area contributed by atoms with Crippen molar-refractivity contribution >= 4 is 5.97 Å². The maximum absolute atomic E-state index is 11.2. The van der Waals surface area contributed by atoms with Crippen LogP contribution in [0.5, 0.6) is 5.75 Å². The van der Waals surface area contributed by atoms with E-state index < -0.39 is 0 Å². The summed E-state index contributed by atoms with van der Waals surface area (Å²) in [5.74, 6) is 0.444. The van der Waals surface area contributed by atoms with E-state index in [-0.39, 0.29) is 18.4 Å². The van der Waals surface area contributed by atoms with Gasteiger partial charge in [-0.3, -0.25) is 4.79 Å². The Morgan fingerprint density at radius 2 is 2.12 bits per heavy atom. The molecule has 1 aromatic carbocycles. The molecule has 0 saturated heterocycles. The fraction of sp³-hybridized carbons (Fsp3) is 0.462. The molecule has 0 aromatic heterocycles. The van der Waals surface area contributed by atoms with Gasteiger partial charge in [0.15, 0.2) is 0 Å². The Kier molecular flexibility index (Phi) is 4.97. The third-order valence-corrected chi connectivity index (χ3v) is 2.75. The molecule has 0 aliphatic heterocycles. The average molecular weight is 237 g/mol. The number of hydrogen-bond donors (Lipinski definition) is 1. The van der Waals surface area contributed by atoms with Gasteiger partial charge in [0.1, 0.15) is 5.75 Å². The van der Waals surface area contributed by atoms with Gasteiger partial charge in [-0.15, -0.1) is 0 Å². The number of aryl methyl sites for hydroxylation is 1. The first-order valence-corrected chi connectivity index (χ1v) is 5.61. The summed E-state index contributed by atoms with van der Waals surface area (Å²) in [6.45, 7) is 2.05. The van der Waals surface area contributed by atoms with E-state index in [9.17, 15) is 4.79 Å². The van der Waals surface area contributed by atoms with Crippen molar-refractivity contribution in [2.24, 2.45) is 5.73 Å². The number of carbonyl (C=O) groups excluding carboxylic acids is 1. The van der Waals surface area contributed by atoms with Crippen LogP contribution in [0.3, 0.4) is 0 Å². The lowest BCUT2D eigenvalue weighted by Crippen LogP contribution is -2.17. The van der Waals surface area contributed by atoms with Gasteiger partial charge in [0.2, 0.25) is 0 Å². The number of methoxy groups -OCH3 is 2. The zero-order valence-electron chi connectivity index (χ0n) is 10.5. The molecule has 0 bridgehead atoms. The standard InChI is InChI=1S/C13H19NO3/c1-4-9-5-6-10(16-2)7-11(9)12(14)8-13(15)17-3/h5-7,12H,4,8,14H2,1-3H3/t12-/m1/s1. The number of hydrogen-bond acceptors (Lipinski definition) is 4. The lowest BCUT2D eigenvalue weighted by atomic mass is 9.97. The van der Waals surface area contributed by atoms with Crippen LogP contribution in [-0.2, 0) is 16.0 Å². The minimum absolute atomic E-state index is 0.177. The molecule has 0 amide bonds. The zero-order valence-corrected chi connectivity index (χ0v) is 10.5. The van der Waals surface area contributed by atoms with Crippen LogP contribution in [0.2, 0.25) is 0 Å². The molecule has 0 aliphatic carbocycles. The highest BCUT2D eigenvalue weighted by molar-refractivity contribution is 5.70. The summed E-state index contributed by atoms with van der Waals surface area (Å²) in [5, 5.41) is 0. The molecule has 0 unspecified atom stereocenters. The number of benzene rings is 1. The Bertz CT molecular complexity index is 390. The van der Waals surface area contributed by atoms with Crippen LogP contribution < -0.4 is 10.5 Å². The van der Waals surface area contributed by atoms with E-state index >= 15 is 0 Å². The Labute approximate surface area is 102 Å². The van der Waals surface area contributed by atoms with E-state index in [1.165, 1.54) is 7.11 Å². The Hall–Kier alpha value is -1.55. The highest BCUT2D eigenvalue weighted by Crippen LogP contribution is 2.24. The topological polar surface area (TPSA) is 61.5 Å². The number of nitrogens with two attached hydrogens (primary N) is 1. The molecule has 1 atom stereocenters. The summed E-state index contributed by atoms with van der Waals surface area (Å²) in [5.41, 5.74) is 8.08. The summed E-state index contributed by atoms with van der Waals surface area (Å²) in [6.07, 6.45) is 1.05. The third-order valence-electron chi connectivity index (χ3n) is 2.75. The smallest absolute Gasteiger partial charge is 0.307 e. The maximum Gasteiger partial charge on any atom is 0.307 e. The van der Waals surface area contributed by atoms with Gasteiger partial charge in [-0.2, -0.15) is 0 Å². The Morgan fingerprint density at radius 1 is 1.41 bits per heavy atom. The predicted octanol–water partition coefficient (Wildman–Crippen LogP) is 1.82. The van der Waals surface area contributed by atoms with E-state index in [0.717, 1.165) is 23.3 Å². The molecule has 4 nitrogen and oxygen atoms in total. The van der Waals surface area contributed by atoms with Crippen molar-refractivity contribution in [3.63, 3.8) is 0 Å². The van der Waals surface area contributed by atoms with Crippen LogP contribution in [0.4, 0.5) is 0 Å². The van der Waals surface area contributed by atoms with Gasteiger partial charge >= 0.3 is 5.97 Å². The normalized spacial score (nSPS) is 12.0. The Balaban J connectivity index is 2.96. The number of carbonyl (C=O) groups is 1. The van der Waals surface area contributed by atoms with Gasteiger partial charge in [-0.1, -0.05) is 13.0 Å². The van der Waals surface area contributed by atoms with Crippen LogP contribution in [0, 0.1) is 0 Å². The van der Waals surface area contributed by atoms with Crippen LogP contribution >= 0.6 is 0 Å². The van der Waals surface area contributed by atoms with Crippen molar-refractivity contribution in [2.45, 2.75) is 25.8 Å². The molecule has 1 rings (SSSR count). The lowest BCUT2D eigenvalue weighted by molar-refractivity contribution is -0.141. The molecule has 94 valence electrons. The first kappa shape index (κ1) is 13.5. The van der Waals surface area contributed by atoms with Crippen molar-refractivity contribution in [3.05, 3.63) is 29.3 Å². The summed E-state index contributed by atoms with van der Waals surface area (Å²) >= 11 is 0. The monoisotopic (exact) mass is 237 g/mol. The Morgan fingerprint density at radius 3 is 2.65 bits per heavy atom. The van der Waals surface area contributed by atoms with E-state index in [1.807, 2.05) is 18.2 Å². The molecule has 0 heterocycles. The minimum Gasteiger partial charge on any atom is -0.497 e. The molecule has 17 heavy (non-hydrogen) atoms. The van der Waals surface area contributed by atoms with Crippen LogP contribution in [0.25, 0.3) is 0 Å². The molecular formula is C13H19NO3. The summed E-state index contributed by atoms with van der Waals surface area (Å²) < 4.78 is 9.79. The first-order chi connectivity index (χ1) is 8.12. The van der Waals surface area contributed by atoms with E-state index in [2.05, 4.69) is 11.7 Å². The van der Waals surface area contributed by atoms with Gasteiger partial charge in [-0.05, 0) is 29.7 Å². The molecule has 0 fully saturated rings. The largest absolute Gasteiger partial charge is 0.497 e. The second-order valence-electron chi connectivity index (χ2n) is 3.81. The van der Waals surface area contributed by atoms with Crippen LogP contribution in [0.15, 0.2) is 18.2 Å². The second-order valence-corrected chi connectivity index (χ2v) is 3.81. The summed E-state index contributed by atoms with van der Waals surface area (Å²) in [7, 11) is 2.97. The fourth-order valence-corrected chi connectivity index (χ4v) is 1.74. The second kappa shape index (κ2) is 6.25. The van der Waals surface area contributed by atoms with Gasteiger partial charge in [0, 0.05) is 6.04 Å². The van der Waals surface area contributed by atoms with Crippen LogP contribution in [-0.4, -0.2) is 20.2 Å². The fourth-order valence-electron chi connectivity index (χ4n) is 1.74. The average Bonchev–Trinajstić information content (AvgIpc) is 2.37. The molecule has 0 spiro atoms. The van der Waals surface area contributed by atoms with Gasteiger partial charge in [0.25, 0.3) is 0 Å². The predicted molar refractivity (Wildman–Crippen MR) is 65.9 cm³/mol. The lowest BCUT2D eigenvalue weighted by Gasteiger charge is -2.16. The summed E-state index contributed by atoms with van der Waals surface area (Å²) in [4.78, 5) is 11.2. The van der Waals surface area contributed by atoms with Gasteiger partial charge in [-0.25, -0.2) is 0 Å². The molecule has 0 aliphatic rings. The quantitative estimate of drug-likeness (QED) is 0.793. The molecule has 0 saturated carbocycles. The molecule has 4 heteroatoms. The van der Waals surface area contributed by atoms with Crippen molar-refractivity contribution < 1.29 is 14.3 Å². The molecule has 1 aromatic rings. The third kappa shape index (κ3) is 3.46. The highest BCUT2D eigenvalue weighted by Gasteiger charge is 2.15. The molecular weight excluding hydrogens is 218 g/mol. The number of ether oxygens (including phenoxy) is 2.